The van der Waals surface area contributed by atoms with Crippen LogP contribution in [0.4, 0.5) is 10.1 Å². The van der Waals surface area contributed by atoms with Crippen molar-refractivity contribution in [2.24, 2.45) is 0 Å². The Hall–Kier alpha value is -2.90. The predicted molar refractivity (Wildman–Crippen MR) is 118 cm³/mol. The summed E-state index contributed by atoms with van der Waals surface area (Å²) in [5, 5.41) is 0.300. The lowest BCUT2D eigenvalue weighted by atomic mass is 10.0. The van der Waals surface area contributed by atoms with Crippen LogP contribution in [-0.4, -0.2) is 61.4 Å². The number of benzene rings is 2. The molecule has 8 heteroatoms. The molecule has 0 atom stereocenters. The molecule has 2 aliphatic rings. The maximum absolute atomic E-state index is 13.5. The van der Waals surface area contributed by atoms with Crippen LogP contribution in [0, 0.1) is 5.82 Å². The van der Waals surface area contributed by atoms with Gasteiger partial charge in [0.25, 0.3) is 11.8 Å². The van der Waals surface area contributed by atoms with E-state index in [-0.39, 0.29) is 5.57 Å². The molecule has 6 nitrogen and oxygen atoms in total. The molecule has 1 fully saturated rings. The lowest BCUT2D eigenvalue weighted by Crippen LogP contribution is -2.47. The zero-order chi connectivity index (χ0) is 22.1. The predicted octanol–water partition coefficient (Wildman–Crippen LogP) is 3.41. The highest BCUT2D eigenvalue weighted by atomic mass is 35.5. The molecule has 2 heterocycles. The van der Waals surface area contributed by atoms with E-state index in [9.17, 15) is 14.0 Å². The van der Waals surface area contributed by atoms with Crippen LogP contribution in [-0.2, 0) is 9.59 Å². The second kappa shape index (κ2) is 8.69. The van der Waals surface area contributed by atoms with Crippen LogP contribution in [0.15, 0.2) is 48.2 Å². The fraction of sp³-hybridized carbons (Fsp3) is 0.304. The molecule has 1 saturated heterocycles. The largest absolute Gasteiger partial charge is 0.495 e. The van der Waals surface area contributed by atoms with E-state index in [1.165, 1.54) is 37.4 Å². The Bertz CT molecular complexity index is 1050. The summed E-state index contributed by atoms with van der Waals surface area (Å²) < 4.78 is 18.7. The minimum atomic E-state index is -0.453. The number of amides is 2. The smallest absolute Gasteiger partial charge is 0.282 e. The summed E-state index contributed by atoms with van der Waals surface area (Å²) in [5.41, 5.74) is 1.50. The molecule has 4 rings (SSSR count). The molecule has 0 aromatic heterocycles. The van der Waals surface area contributed by atoms with Gasteiger partial charge in [0.1, 0.15) is 17.3 Å². The van der Waals surface area contributed by atoms with Crippen molar-refractivity contribution < 1.29 is 18.7 Å². The second-order valence-corrected chi connectivity index (χ2v) is 7.82. The number of likely N-dealkylation sites (N-methyl/N-ethyl adjacent to an activating group) is 1. The number of carbonyl (C=O) groups is 2. The Morgan fingerprint density at radius 3 is 2.26 bits per heavy atom. The van der Waals surface area contributed by atoms with Crippen LogP contribution in [0.25, 0.3) is 5.57 Å². The van der Waals surface area contributed by atoms with Gasteiger partial charge in [-0.3, -0.25) is 9.59 Å². The third-order valence-corrected chi connectivity index (χ3v) is 6.02. The van der Waals surface area contributed by atoms with E-state index < -0.39 is 17.6 Å². The molecule has 2 aromatic rings. The number of nitrogens with zero attached hydrogens (tertiary/aromatic N) is 3. The highest BCUT2D eigenvalue weighted by Crippen LogP contribution is 2.37. The van der Waals surface area contributed by atoms with Crippen LogP contribution >= 0.6 is 11.6 Å². The number of ether oxygens (including phenoxy) is 1. The standard InChI is InChI=1S/C23H23ClFN3O3/c1-3-26-10-12-27(13-11-26)21-20(15-4-6-16(25)7-5-15)22(29)28(23(21)30)17-8-9-19(31-2)18(24)14-17/h4-9,14H,3,10-13H2,1-2H3. The van der Waals surface area contributed by atoms with Crippen molar-refractivity contribution in [3.63, 3.8) is 0 Å². The molecule has 0 unspecified atom stereocenters. The molecular formula is C23H23ClFN3O3. The van der Waals surface area contributed by atoms with E-state index in [0.29, 0.717) is 40.8 Å². The van der Waals surface area contributed by atoms with Crippen molar-refractivity contribution in [2.45, 2.75) is 6.92 Å². The van der Waals surface area contributed by atoms with Gasteiger partial charge < -0.3 is 14.5 Å². The second-order valence-electron chi connectivity index (χ2n) is 7.42. The minimum Gasteiger partial charge on any atom is -0.495 e. The van der Waals surface area contributed by atoms with Gasteiger partial charge in [0.15, 0.2) is 0 Å². The molecule has 162 valence electrons. The third-order valence-electron chi connectivity index (χ3n) is 5.72. The molecule has 2 amide bonds. The van der Waals surface area contributed by atoms with Gasteiger partial charge in [-0.2, -0.15) is 0 Å². The van der Waals surface area contributed by atoms with Gasteiger partial charge in [-0.05, 0) is 42.4 Å². The highest BCUT2D eigenvalue weighted by Gasteiger charge is 2.43. The zero-order valence-corrected chi connectivity index (χ0v) is 18.2. The molecule has 0 spiro atoms. The maximum atomic E-state index is 13.5. The van der Waals surface area contributed by atoms with Crippen LogP contribution in [0.5, 0.6) is 5.75 Å². The van der Waals surface area contributed by atoms with Crippen molar-refractivity contribution >= 4 is 34.7 Å². The normalized spacial score (nSPS) is 17.7. The Labute approximate surface area is 185 Å². The molecular weight excluding hydrogens is 421 g/mol. The first-order valence-electron chi connectivity index (χ1n) is 10.1. The Morgan fingerprint density at radius 1 is 1.00 bits per heavy atom. The molecule has 0 aliphatic carbocycles. The first-order chi connectivity index (χ1) is 14.9. The number of carbonyl (C=O) groups excluding carboxylic acids is 2. The molecule has 0 saturated carbocycles. The summed E-state index contributed by atoms with van der Waals surface area (Å²) in [6.45, 7) is 5.88. The zero-order valence-electron chi connectivity index (χ0n) is 17.4. The molecule has 0 N–H and O–H groups in total. The van der Waals surface area contributed by atoms with Crippen LogP contribution in [0.1, 0.15) is 12.5 Å². The monoisotopic (exact) mass is 443 g/mol. The first kappa shape index (κ1) is 21.3. The Kier molecular flexibility index (Phi) is 5.98. The van der Waals surface area contributed by atoms with Gasteiger partial charge in [-0.1, -0.05) is 30.7 Å². The summed E-state index contributed by atoms with van der Waals surface area (Å²) in [5.74, 6) is -0.813. The Morgan fingerprint density at radius 2 is 1.68 bits per heavy atom. The van der Waals surface area contributed by atoms with Crippen molar-refractivity contribution in [2.75, 3.05) is 44.7 Å². The molecule has 2 aliphatic heterocycles. The van der Waals surface area contributed by atoms with Gasteiger partial charge in [-0.25, -0.2) is 9.29 Å². The summed E-state index contributed by atoms with van der Waals surface area (Å²) in [6.07, 6.45) is 0. The summed E-state index contributed by atoms with van der Waals surface area (Å²) >= 11 is 6.25. The SMILES string of the molecule is CCN1CCN(C2=C(c3ccc(F)cc3)C(=O)N(c3ccc(OC)c(Cl)c3)C2=O)CC1. The number of rotatable bonds is 5. The minimum absolute atomic E-state index is 0.280. The van der Waals surface area contributed by atoms with Crippen molar-refractivity contribution in [1.29, 1.82) is 0 Å². The first-order valence-corrected chi connectivity index (χ1v) is 10.5. The van der Waals surface area contributed by atoms with Gasteiger partial charge >= 0.3 is 0 Å². The van der Waals surface area contributed by atoms with E-state index in [2.05, 4.69) is 11.8 Å². The van der Waals surface area contributed by atoms with Gasteiger partial charge in [0.2, 0.25) is 0 Å². The number of methoxy groups -OCH3 is 1. The number of hydrogen-bond donors (Lipinski definition) is 0. The Balaban J connectivity index is 1.77. The van der Waals surface area contributed by atoms with Crippen molar-refractivity contribution in [3.8, 4) is 5.75 Å². The molecule has 0 bridgehead atoms. The van der Waals surface area contributed by atoms with Crippen LogP contribution < -0.4 is 9.64 Å². The lowest BCUT2D eigenvalue weighted by molar-refractivity contribution is -0.120. The average Bonchev–Trinajstić information content (AvgIpc) is 3.04. The summed E-state index contributed by atoms with van der Waals surface area (Å²) in [6, 6.07) is 10.4. The quantitative estimate of drug-likeness (QED) is 0.663. The van der Waals surface area contributed by atoms with Gasteiger partial charge in [0.05, 0.1) is 23.4 Å². The van der Waals surface area contributed by atoms with Crippen LogP contribution in [0.2, 0.25) is 5.02 Å². The fourth-order valence-electron chi connectivity index (χ4n) is 4.00. The molecule has 0 radical (unpaired) electrons. The van der Waals surface area contributed by atoms with E-state index in [1.807, 2.05) is 4.90 Å². The number of imide groups is 1. The summed E-state index contributed by atoms with van der Waals surface area (Å²) in [7, 11) is 1.50. The van der Waals surface area contributed by atoms with Crippen molar-refractivity contribution in [1.82, 2.24) is 9.80 Å². The fourth-order valence-corrected chi connectivity index (χ4v) is 4.26. The number of piperazine rings is 1. The summed E-state index contributed by atoms with van der Waals surface area (Å²) in [4.78, 5) is 32.4. The number of hydrogen-bond acceptors (Lipinski definition) is 5. The topological polar surface area (TPSA) is 53.1 Å². The number of halogens is 2. The third kappa shape index (κ3) is 3.91. The maximum Gasteiger partial charge on any atom is 0.282 e. The van der Waals surface area contributed by atoms with E-state index in [1.54, 1.807) is 12.1 Å². The van der Waals surface area contributed by atoms with Crippen molar-refractivity contribution in [3.05, 3.63) is 64.6 Å². The highest BCUT2D eigenvalue weighted by molar-refractivity contribution is 6.45. The average molecular weight is 444 g/mol. The van der Waals surface area contributed by atoms with Gasteiger partial charge in [0, 0.05) is 26.2 Å². The van der Waals surface area contributed by atoms with Gasteiger partial charge in [-0.15, -0.1) is 0 Å². The van der Waals surface area contributed by atoms with E-state index in [0.717, 1.165) is 24.5 Å². The van der Waals surface area contributed by atoms with Crippen LogP contribution in [0.3, 0.4) is 0 Å². The van der Waals surface area contributed by atoms with E-state index in [4.69, 9.17) is 16.3 Å². The molecule has 2 aromatic carbocycles. The molecule has 31 heavy (non-hydrogen) atoms. The lowest BCUT2D eigenvalue weighted by Gasteiger charge is -2.36. The number of anilines is 1. The van der Waals surface area contributed by atoms with E-state index >= 15 is 0 Å².